The number of thiophene rings is 1. The molecule has 2 rings (SSSR count). The topological polar surface area (TPSA) is 41.1 Å². The highest BCUT2D eigenvalue weighted by molar-refractivity contribution is 7.10. The SMILES string of the molecule is CC(N[C@H](C)c1cccs1)C(=O)NC1CCCC1. The maximum Gasteiger partial charge on any atom is 0.237 e. The first-order chi connectivity index (χ1) is 8.66. The van der Waals surface area contributed by atoms with Gasteiger partial charge in [-0.2, -0.15) is 0 Å². The van der Waals surface area contributed by atoms with E-state index in [-0.39, 0.29) is 18.0 Å². The van der Waals surface area contributed by atoms with Crippen LogP contribution in [0.2, 0.25) is 0 Å². The normalized spacial score (nSPS) is 19.7. The van der Waals surface area contributed by atoms with Crippen LogP contribution in [-0.4, -0.2) is 18.0 Å². The molecule has 1 aromatic rings. The number of rotatable bonds is 5. The lowest BCUT2D eigenvalue weighted by Crippen LogP contribution is -2.46. The molecule has 18 heavy (non-hydrogen) atoms. The summed E-state index contributed by atoms with van der Waals surface area (Å²) in [5.74, 6) is 0.130. The Bertz CT molecular complexity index is 371. The van der Waals surface area contributed by atoms with Gasteiger partial charge in [0.25, 0.3) is 0 Å². The van der Waals surface area contributed by atoms with Crippen LogP contribution < -0.4 is 10.6 Å². The molecule has 0 spiro atoms. The van der Waals surface area contributed by atoms with Crippen molar-refractivity contribution in [2.45, 2.75) is 57.7 Å². The second-order valence-electron chi connectivity index (χ2n) is 5.12. The highest BCUT2D eigenvalue weighted by Crippen LogP contribution is 2.19. The predicted molar refractivity (Wildman–Crippen MR) is 75.7 cm³/mol. The van der Waals surface area contributed by atoms with Gasteiger partial charge in [-0.05, 0) is 38.1 Å². The summed E-state index contributed by atoms with van der Waals surface area (Å²) in [6, 6.07) is 4.64. The average molecular weight is 266 g/mol. The largest absolute Gasteiger partial charge is 0.352 e. The molecule has 1 aliphatic carbocycles. The lowest BCUT2D eigenvalue weighted by atomic mass is 10.2. The Morgan fingerprint density at radius 2 is 2.11 bits per heavy atom. The first-order valence-electron chi connectivity index (χ1n) is 6.76. The minimum Gasteiger partial charge on any atom is -0.352 e. The van der Waals surface area contributed by atoms with E-state index in [1.54, 1.807) is 11.3 Å². The van der Waals surface area contributed by atoms with Gasteiger partial charge in [-0.1, -0.05) is 18.9 Å². The van der Waals surface area contributed by atoms with Crippen LogP contribution in [0, 0.1) is 0 Å². The molecule has 100 valence electrons. The summed E-state index contributed by atoms with van der Waals surface area (Å²) in [6.07, 6.45) is 4.77. The van der Waals surface area contributed by atoms with Crippen LogP contribution in [0.5, 0.6) is 0 Å². The van der Waals surface area contributed by atoms with E-state index < -0.39 is 0 Å². The number of carbonyl (C=O) groups is 1. The van der Waals surface area contributed by atoms with Crippen molar-refractivity contribution in [1.29, 1.82) is 0 Å². The molecule has 2 N–H and O–H groups in total. The zero-order valence-corrected chi connectivity index (χ0v) is 11.9. The summed E-state index contributed by atoms with van der Waals surface area (Å²) >= 11 is 1.72. The van der Waals surface area contributed by atoms with Gasteiger partial charge in [-0.25, -0.2) is 0 Å². The van der Waals surface area contributed by atoms with Crippen molar-refractivity contribution in [3.63, 3.8) is 0 Å². The van der Waals surface area contributed by atoms with Gasteiger partial charge < -0.3 is 5.32 Å². The first-order valence-corrected chi connectivity index (χ1v) is 7.64. The van der Waals surface area contributed by atoms with Gasteiger partial charge in [0.15, 0.2) is 0 Å². The molecule has 0 aromatic carbocycles. The number of hydrogen-bond acceptors (Lipinski definition) is 3. The number of carbonyl (C=O) groups excluding carboxylic acids is 1. The third-order valence-electron chi connectivity index (χ3n) is 3.56. The molecule has 1 saturated carbocycles. The fraction of sp³-hybridized carbons (Fsp3) is 0.643. The second-order valence-corrected chi connectivity index (χ2v) is 6.09. The van der Waals surface area contributed by atoms with Gasteiger partial charge in [0.1, 0.15) is 0 Å². The molecular formula is C14H22N2OS. The Labute approximate surface area is 113 Å². The molecule has 0 aliphatic heterocycles. The fourth-order valence-corrected chi connectivity index (χ4v) is 3.21. The third kappa shape index (κ3) is 3.56. The lowest BCUT2D eigenvalue weighted by molar-refractivity contribution is -0.123. The van der Waals surface area contributed by atoms with Crippen LogP contribution in [0.1, 0.15) is 50.4 Å². The van der Waals surface area contributed by atoms with Crippen molar-refractivity contribution in [3.8, 4) is 0 Å². The molecule has 3 nitrogen and oxygen atoms in total. The molecule has 1 aromatic heterocycles. The molecule has 4 heteroatoms. The van der Waals surface area contributed by atoms with Crippen LogP contribution in [-0.2, 0) is 4.79 Å². The van der Waals surface area contributed by atoms with Crippen molar-refractivity contribution >= 4 is 17.2 Å². The monoisotopic (exact) mass is 266 g/mol. The summed E-state index contributed by atoms with van der Waals surface area (Å²) in [4.78, 5) is 13.3. The van der Waals surface area contributed by atoms with E-state index in [1.165, 1.54) is 17.7 Å². The molecule has 1 heterocycles. The van der Waals surface area contributed by atoms with Crippen molar-refractivity contribution in [1.82, 2.24) is 10.6 Å². The standard InChI is InChI=1S/C14H22N2OS/c1-10(13-8-5-9-18-13)15-11(2)14(17)16-12-6-3-4-7-12/h5,8-12,15H,3-4,6-7H2,1-2H3,(H,16,17)/t10-,11?/m1/s1. The van der Waals surface area contributed by atoms with E-state index in [1.807, 2.05) is 13.0 Å². The first kappa shape index (κ1) is 13.6. The molecule has 1 aliphatic rings. The number of amides is 1. The van der Waals surface area contributed by atoms with Crippen LogP contribution in [0.3, 0.4) is 0 Å². The summed E-state index contributed by atoms with van der Waals surface area (Å²) in [5, 5.41) is 8.55. The Morgan fingerprint density at radius 3 is 2.72 bits per heavy atom. The van der Waals surface area contributed by atoms with Crippen molar-refractivity contribution in [2.24, 2.45) is 0 Å². The molecule has 1 fully saturated rings. The molecule has 0 saturated heterocycles. The Morgan fingerprint density at radius 1 is 1.39 bits per heavy atom. The van der Waals surface area contributed by atoms with Gasteiger partial charge in [0.05, 0.1) is 6.04 Å². The number of hydrogen-bond donors (Lipinski definition) is 2. The number of nitrogens with one attached hydrogen (secondary N) is 2. The van der Waals surface area contributed by atoms with Crippen LogP contribution in [0.4, 0.5) is 0 Å². The van der Waals surface area contributed by atoms with Gasteiger partial charge in [-0.3, -0.25) is 10.1 Å². The Hall–Kier alpha value is -0.870. The van der Waals surface area contributed by atoms with E-state index in [0.29, 0.717) is 6.04 Å². The molecule has 1 amide bonds. The zero-order chi connectivity index (χ0) is 13.0. The van der Waals surface area contributed by atoms with Gasteiger partial charge in [-0.15, -0.1) is 11.3 Å². The van der Waals surface area contributed by atoms with E-state index in [0.717, 1.165) is 12.8 Å². The zero-order valence-electron chi connectivity index (χ0n) is 11.1. The Balaban J connectivity index is 1.79. The molecule has 2 atom stereocenters. The van der Waals surface area contributed by atoms with E-state index in [2.05, 4.69) is 29.0 Å². The van der Waals surface area contributed by atoms with Crippen molar-refractivity contribution in [2.75, 3.05) is 0 Å². The van der Waals surface area contributed by atoms with Crippen molar-refractivity contribution in [3.05, 3.63) is 22.4 Å². The quantitative estimate of drug-likeness (QED) is 0.860. The van der Waals surface area contributed by atoms with Gasteiger partial charge in [0, 0.05) is 17.0 Å². The molecule has 0 radical (unpaired) electrons. The minimum atomic E-state index is -0.136. The van der Waals surface area contributed by atoms with Crippen LogP contribution in [0.15, 0.2) is 17.5 Å². The Kier molecular flexibility index (Phi) is 4.78. The molecule has 1 unspecified atom stereocenters. The van der Waals surface area contributed by atoms with E-state index in [4.69, 9.17) is 0 Å². The van der Waals surface area contributed by atoms with E-state index >= 15 is 0 Å². The predicted octanol–water partition coefficient (Wildman–Crippen LogP) is 2.85. The van der Waals surface area contributed by atoms with Crippen LogP contribution in [0.25, 0.3) is 0 Å². The highest BCUT2D eigenvalue weighted by atomic mass is 32.1. The summed E-state index contributed by atoms with van der Waals surface area (Å²) < 4.78 is 0. The van der Waals surface area contributed by atoms with Crippen LogP contribution >= 0.6 is 11.3 Å². The summed E-state index contributed by atoms with van der Waals surface area (Å²) in [5.41, 5.74) is 0. The summed E-state index contributed by atoms with van der Waals surface area (Å²) in [7, 11) is 0. The summed E-state index contributed by atoms with van der Waals surface area (Å²) in [6.45, 7) is 4.04. The molecular weight excluding hydrogens is 244 g/mol. The van der Waals surface area contributed by atoms with Crippen molar-refractivity contribution < 1.29 is 4.79 Å². The minimum absolute atomic E-state index is 0.130. The average Bonchev–Trinajstić information content (AvgIpc) is 3.01. The smallest absolute Gasteiger partial charge is 0.237 e. The van der Waals surface area contributed by atoms with Gasteiger partial charge >= 0.3 is 0 Å². The third-order valence-corrected chi connectivity index (χ3v) is 4.62. The molecule has 0 bridgehead atoms. The van der Waals surface area contributed by atoms with E-state index in [9.17, 15) is 4.79 Å². The lowest BCUT2D eigenvalue weighted by Gasteiger charge is -2.21. The van der Waals surface area contributed by atoms with Gasteiger partial charge in [0.2, 0.25) is 5.91 Å². The fourth-order valence-electron chi connectivity index (χ4n) is 2.47. The maximum atomic E-state index is 12.0. The highest BCUT2D eigenvalue weighted by Gasteiger charge is 2.21. The maximum absolute atomic E-state index is 12.0. The second kappa shape index (κ2) is 6.34.